The van der Waals surface area contributed by atoms with Gasteiger partial charge >= 0.3 is 5.97 Å². The number of nitrogens with zero attached hydrogens (tertiary/aromatic N) is 1. The summed E-state index contributed by atoms with van der Waals surface area (Å²) in [6.45, 7) is 3.46. The van der Waals surface area contributed by atoms with Gasteiger partial charge in [-0.1, -0.05) is 60.7 Å². The maximum Gasteiger partial charge on any atom is 0.326 e. The van der Waals surface area contributed by atoms with Crippen molar-refractivity contribution in [3.05, 3.63) is 71.8 Å². The molecule has 2 aromatic rings. The fourth-order valence-electron chi connectivity index (χ4n) is 3.66. The highest BCUT2D eigenvalue weighted by Crippen LogP contribution is 2.36. The number of hydrogen-bond donors (Lipinski definition) is 0. The lowest BCUT2D eigenvalue weighted by Crippen LogP contribution is -2.35. The number of rotatable bonds is 6. The number of ether oxygens (including phenoxy) is 2. The van der Waals surface area contributed by atoms with E-state index in [4.69, 9.17) is 14.3 Å². The van der Waals surface area contributed by atoms with Crippen LogP contribution in [0.5, 0.6) is 0 Å². The summed E-state index contributed by atoms with van der Waals surface area (Å²) >= 11 is 0. The lowest BCUT2D eigenvalue weighted by Gasteiger charge is -2.24. The van der Waals surface area contributed by atoms with E-state index in [9.17, 15) is 4.79 Å². The van der Waals surface area contributed by atoms with Gasteiger partial charge in [0.2, 0.25) is 0 Å². The highest BCUT2D eigenvalue weighted by atomic mass is 16.7. The van der Waals surface area contributed by atoms with Crippen LogP contribution in [0.15, 0.2) is 60.7 Å². The smallest absolute Gasteiger partial charge is 0.326 e. The molecule has 136 valence electrons. The van der Waals surface area contributed by atoms with E-state index in [1.807, 2.05) is 67.6 Å². The number of esters is 1. The number of fused-ring (bicyclic) bond motifs is 1. The Hall–Kier alpha value is -2.21. The minimum Gasteiger partial charge on any atom is -0.464 e. The molecule has 0 radical (unpaired) electrons. The van der Waals surface area contributed by atoms with Crippen molar-refractivity contribution < 1.29 is 19.1 Å². The molecule has 0 aliphatic carbocycles. The Balaban J connectivity index is 1.44. The van der Waals surface area contributed by atoms with Gasteiger partial charge in [-0.3, -0.25) is 9.63 Å². The summed E-state index contributed by atoms with van der Waals surface area (Å²) < 4.78 is 11.4. The largest absolute Gasteiger partial charge is 0.464 e. The van der Waals surface area contributed by atoms with Crippen molar-refractivity contribution in [2.75, 3.05) is 6.61 Å². The predicted molar refractivity (Wildman–Crippen MR) is 95.8 cm³/mol. The van der Waals surface area contributed by atoms with Crippen molar-refractivity contribution in [3.63, 3.8) is 0 Å². The van der Waals surface area contributed by atoms with Crippen LogP contribution in [0.2, 0.25) is 0 Å². The third-order valence-electron chi connectivity index (χ3n) is 5.05. The monoisotopic (exact) mass is 353 g/mol. The topological polar surface area (TPSA) is 48.0 Å². The SMILES string of the molecule is C[C@H](OCc1ccccc1)[C@@H]1ON(Cc2ccccc2)[C@H]2C(=O)OC[C@@H]12. The molecule has 0 unspecified atom stereocenters. The van der Waals surface area contributed by atoms with E-state index in [-0.39, 0.29) is 30.1 Å². The molecule has 26 heavy (non-hydrogen) atoms. The van der Waals surface area contributed by atoms with Crippen LogP contribution in [0.25, 0.3) is 0 Å². The molecule has 2 heterocycles. The Morgan fingerprint density at radius 3 is 2.42 bits per heavy atom. The second-order valence-corrected chi connectivity index (χ2v) is 6.87. The molecule has 0 aromatic heterocycles. The van der Waals surface area contributed by atoms with Gasteiger partial charge in [0.05, 0.1) is 31.8 Å². The summed E-state index contributed by atoms with van der Waals surface area (Å²) in [7, 11) is 0. The summed E-state index contributed by atoms with van der Waals surface area (Å²) in [5.41, 5.74) is 2.22. The molecule has 2 aromatic carbocycles. The third kappa shape index (κ3) is 3.51. The summed E-state index contributed by atoms with van der Waals surface area (Å²) in [5.74, 6) is -0.208. The van der Waals surface area contributed by atoms with E-state index in [2.05, 4.69) is 0 Å². The zero-order valence-electron chi connectivity index (χ0n) is 14.8. The zero-order chi connectivity index (χ0) is 17.9. The fraction of sp³-hybridized carbons (Fsp3) is 0.381. The molecule has 2 saturated heterocycles. The molecule has 0 N–H and O–H groups in total. The molecule has 4 atom stereocenters. The van der Waals surface area contributed by atoms with Crippen LogP contribution in [-0.2, 0) is 32.3 Å². The maximum atomic E-state index is 12.2. The maximum absolute atomic E-state index is 12.2. The van der Waals surface area contributed by atoms with Crippen LogP contribution in [-0.4, -0.2) is 35.9 Å². The quantitative estimate of drug-likeness (QED) is 0.748. The summed E-state index contributed by atoms with van der Waals surface area (Å²) in [5, 5.41) is 1.77. The van der Waals surface area contributed by atoms with Crippen molar-refractivity contribution in [3.8, 4) is 0 Å². The van der Waals surface area contributed by atoms with Crippen LogP contribution >= 0.6 is 0 Å². The molecule has 5 nitrogen and oxygen atoms in total. The van der Waals surface area contributed by atoms with Crippen molar-refractivity contribution in [1.82, 2.24) is 5.06 Å². The first-order chi connectivity index (χ1) is 12.7. The van der Waals surface area contributed by atoms with Gasteiger partial charge in [-0.25, -0.2) is 0 Å². The summed E-state index contributed by atoms with van der Waals surface area (Å²) in [6, 6.07) is 19.7. The average molecular weight is 353 g/mol. The summed E-state index contributed by atoms with van der Waals surface area (Å²) in [6.07, 6.45) is -0.336. The number of carbonyl (C=O) groups is 1. The van der Waals surface area contributed by atoms with Crippen LogP contribution < -0.4 is 0 Å². The first-order valence-electron chi connectivity index (χ1n) is 9.02. The standard InChI is InChI=1S/C21H23NO4/c1-15(24-13-17-10-6-3-7-11-17)20-18-14-25-21(23)19(18)22(26-20)12-16-8-4-2-5-9-16/h2-11,15,18-20H,12-14H2,1H3/t15-,18+,19+,20-/m0/s1. The second kappa shape index (κ2) is 7.58. The lowest BCUT2D eigenvalue weighted by atomic mass is 9.94. The van der Waals surface area contributed by atoms with Gasteiger partial charge in [-0.05, 0) is 18.1 Å². The van der Waals surface area contributed by atoms with Crippen molar-refractivity contribution in [2.45, 2.75) is 38.3 Å². The minimum atomic E-state index is -0.358. The van der Waals surface area contributed by atoms with Gasteiger partial charge in [-0.15, -0.1) is 0 Å². The molecule has 0 saturated carbocycles. The number of benzene rings is 2. The van der Waals surface area contributed by atoms with Crippen LogP contribution in [0.3, 0.4) is 0 Å². The number of carbonyl (C=O) groups excluding carboxylic acids is 1. The molecular weight excluding hydrogens is 330 g/mol. The van der Waals surface area contributed by atoms with E-state index in [0.29, 0.717) is 19.8 Å². The molecule has 2 aliphatic heterocycles. The Morgan fingerprint density at radius 2 is 1.73 bits per heavy atom. The van der Waals surface area contributed by atoms with Crippen molar-refractivity contribution in [1.29, 1.82) is 0 Å². The minimum absolute atomic E-state index is 0.00279. The van der Waals surface area contributed by atoms with E-state index in [0.717, 1.165) is 11.1 Å². The lowest BCUT2D eigenvalue weighted by molar-refractivity contribution is -0.208. The Bertz CT molecular complexity index is 736. The Labute approximate surface area is 153 Å². The van der Waals surface area contributed by atoms with Gasteiger partial charge in [0.15, 0.2) is 0 Å². The van der Waals surface area contributed by atoms with Gasteiger partial charge in [0.1, 0.15) is 12.1 Å². The number of hydroxylamine groups is 2. The van der Waals surface area contributed by atoms with Gasteiger partial charge in [0, 0.05) is 0 Å². The molecule has 2 fully saturated rings. The Kier molecular flexibility index (Phi) is 5.02. The molecule has 5 heteroatoms. The number of cyclic esters (lactones) is 1. The molecule has 2 aliphatic rings. The Morgan fingerprint density at radius 1 is 1.08 bits per heavy atom. The number of hydrogen-bond acceptors (Lipinski definition) is 5. The highest BCUT2D eigenvalue weighted by Gasteiger charge is 2.54. The molecule has 4 rings (SSSR count). The van der Waals surface area contributed by atoms with Gasteiger partial charge in [-0.2, -0.15) is 5.06 Å². The normalized spacial score (nSPS) is 26.5. The van der Waals surface area contributed by atoms with E-state index >= 15 is 0 Å². The van der Waals surface area contributed by atoms with Crippen LogP contribution in [0.1, 0.15) is 18.1 Å². The van der Waals surface area contributed by atoms with Crippen LogP contribution in [0, 0.1) is 5.92 Å². The van der Waals surface area contributed by atoms with Crippen LogP contribution in [0.4, 0.5) is 0 Å². The first-order valence-corrected chi connectivity index (χ1v) is 9.02. The third-order valence-corrected chi connectivity index (χ3v) is 5.05. The summed E-state index contributed by atoms with van der Waals surface area (Å²) in [4.78, 5) is 18.4. The van der Waals surface area contributed by atoms with Gasteiger partial charge in [0.25, 0.3) is 0 Å². The zero-order valence-corrected chi connectivity index (χ0v) is 14.8. The highest BCUT2D eigenvalue weighted by molar-refractivity contribution is 5.78. The predicted octanol–water partition coefficient (Wildman–Crippen LogP) is 2.95. The van der Waals surface area contributed by atoms with Gasteiger partial charge < -0.3 is 9.47 Å². The molecule has 0 amide bonds. The second-order valence-electron chi connectivity index (χ2n) is 6.87. The van der Waals surface area contributed by atoms with E-state index < -0.39 is 0 Å². The van der Waals surface area contributed by atoms with E-state index in [1.165, 1.54) is 0 Å². The first kappa shape index (κ1) is 17.2. The molecular formula is C21H23NO4. The van der Waals surface area contributed by atoms with Crippen molar-refractivity contribution >= 4 is 5.97 Å². The molecule has 0 spiro atoms. The fourth-order valence-corrected chi connectivity index (χ4v) is 3.66. The van der Waals surface area contributed by atoms with Crippen molar-refractivity contribution in [2.24, 2.45) is 5.92 Å². The van der Waals surface area contributed by atoms with E-state index in [1.54, 1.807) is 5.06 Å². The molecule has 0 bridgehead atoms. The average Bonchev–Trinajstić information content (AvgIpc) is 3.23.